The number of aromatic nitrogens is 2. The summed E-state index contributed by atoms with van der Waals surface area (Å²) in [6, 6.07) is 14.5. The topological polar surface area (TPSA) is 9.86 Å². The Balaban J connectivity index is 0.000000223. The van der Waals surface area contributed by atoms with E-state index in [2.05, 4.69) is 24.3 Å². The number of nitrogens with zero attached hydrogens (tertiary/aromatic N) is 2. The Bertz CT molecular complexity index is 1350. The van der Waals surface area contributed by atoms with Crippen LogP contribution in [0.2, 0.25) is 0 Å². The van der Waals surface area contributed by atoms with E-state index in [1.165, 1.54) is 12.1 Å². The number of hydrogen-bond acceptors (Lipinski definition) is 0. The Morgan fingerprint density at radius 2 is 1.00 bits per heavy atom. The fourth-order valence-corrected chi connectivity index (χ4v) is 4.01. The number of rotatable bonds is 6. The molecule has 0 amide bonds. The molecule has 0 saturated carbocycles. The minimum Gasteiger partial charge on any atom is -0.354 e. The molecule has 2 heterocycles. The maximum Gasteiger partial charge on any atom is 4.00 e. The largest absolute Gasteiger partial charge is 4.00 e. The molecule has 220 valence electrons. The fraction of sp³-hybridized carbons (Fsp3) is 0.222. The summed E-state index contributed by atoms with van der Waals surface area (Å²) in [5.41, 5.74) is 2.35. The van der Waals surface area contributed by atoms with E-state index in [0.29, 0.717) is 35.1 Å². The van der Waals surface area contributed by atoms with Gasteiger partial charge in [0.25, 0.3) is 0 Å². The molecule has 2 aromatic heterocycles. The maximum absolute atomic E-state index is 13.2. The first-order valence-corrected chi connectivity index (χ1v) is 13.7. The Morgan fingerprint density at radius 3 is 1.28 bits per heavy atom. The van der Waals surface area contributed by atoms with Crippen LogP contribution in [0.3, 0.4) is 0 Å². The van der Waals surface area contributed by atoms with Gasteiger partial charge in [0.2, 0.25) is 0 Å². The smallest absolute Gasteiger partial charge is 0.354 e. The van der Waals surface area contributed by atoms with Crippen molar-refractivity contribution < 1.29 is 39.3 Å². The fourth-order valence-electron chi connectivity index (χ4n) is 4.01. The van der Waals surface area contributed by atoms with E-state index in [1.807, 2.05) is 94.6 Å². The van der Waals surface area contributed by atoms with Gasteiger partial charge in [-0.15, -0.1) is 59.4 Å². The molecule has 2 aromatic carbocycles. The first kappa shape index (κ1) is 35.6. The van der Waals surface area contributed by atoms with Crippen molar-refractivity contribution >= 4 is 0 Å². The Kier molecular flexibility index (Phi) is 16.2. The van der Waals surface area contributed by atoms with Crippen molar-refractivity contribution in [2.24, 2.45) is 0 Å². The third-order valence-corrected chi connectivity index (χ3v) is 6.46. The number of halogens is 4. The van der Waals surface area contributed by atoms with Crippen molar-refractivity contribution in [3.05, 3.63) is 167 Å². The molecular formula is C36H34F4N2Ti. The normalized spacial score (nSPS) is 12.0. The first-order valence-electron chi connectivity index (χ1n) is 13.7. The molecule has 0 radical (unpaired) electrons. The van der Waals surface area contributed by atoms with Gasteiger partial charge in [0.05, 0.1) is 0 Å². The summed E-state index contributed by atoms with van der Waals surface area (Å²) < 4.78 is 56.3. The third kappa shape index (κ3) is 13.1. The molecule has 0 fully saturated rings. The van der Waals surface area contributed by atoms with E-state index in [-0.39, 0.29) is 21.7 Å². The predicted octanol–water partition coefficient (Wildman–Crippen LogP) is 8.84. The molecule has 0 unspecified atom stereocenters. The number of allylic oxidation sites excluding steroid dienone is 8. The van der Waals surface area contributed by atoms with Crippen molar-refractivity contribution in [3.63, 3.8) is 0 Å². The second kappa shape index (κ2) is 19.6. The predicted molar refractivity (Wildman–Crippen MR) is 159 cm³/mol. The molecular weight excluding hydrogens is 584 g/mol. The standard InChI is InChI=1S/2C13H12F2N.2C5H5.Ti/c2*1-10-11(8-12(14)9-13(10)15)4-7-16-5-2-3-6-16;2*1-2-4-5-3-1;/h2*2-3,5-6,8H,4,7H2,1H3;2*1-3H,4H2;/q4*-1;+4. The van der Waals surface area contributed by atoms with Crippen molar-refractivity contribution in [2.45, 2.75) is 52.6 Å². The molecule has 2 aliphatic carbocycles. The Morgan fingerprint density at radius 1 is 0.628 bits per heavy atom. The average molecular weight is 619 g/mol. The monoisotopic (exact) mass is 618 g/mol. The zero-order chi connectivity index (χ0) is 30.2. The van der Waals surface area contributed by atoms with Crippen LogP contribution in [-0.2, 0) is 47.6 Å². The minimum absolute atomic E-state index is 0. The second-order valence-electron chi connectivity index (χ2n) is 9.51. The van der Waals surface area contributed by atoms with E-state index in [0.717, 1.165) is 25.9 Å². The second-order valence-corrected chi connectivity index (χ2v) is 9.51. The summed E-state index contributed by atoms with van der Waals surface area (Å²) in [6.07, 6.45) is 28.9. The summed E-state index contributed by atoms with van der Waals surface area (Å²) in [5, 5.41) is 0. The first-order chi connectivity index (χ1) is 20.3. The van der Waals surface area contributed by atoms with Crippen LogP contribution in [0.25, 0.3) is 0 Å². The molecule has 6 rings (SSSR count). The average Bonchev–Trinajstić information content (AvgIpc) is 3.80. The SMILES string of the molecule is Cc1c(F)[c-]c(F)cc1CCn1cccc1.Cc1c(F)[c-]c(F)cc1CCn1cccc1.[C-]1=CC=CC1.[C-]1=CC=CC1.[Ti+4]. The van der Waals surface area contributed by atoms with Crippen molar-refractivity contribution in [1.29, 1.82) is 0 Å². The van der Waals surface area contributed by atoms with E-state index in [4.69, 9.17) is 0 Å². The molecule has 0 bridgehead atoms. The van der Waals surface area contributed by atoms with Crippen LogP contribution in [0.1, 0.15) is 35.1 Å². The van der Waals surface area contributed by atoms with Gasteiger partial charge in [0, 0.05) is 61.1 Å². The van der Waals surface area contributed by atoms with E-state index in [9.17, 15) is 17.6 Å². The van der Waals surface area contributed by atoms with Gasteiger partial charge in [-0.1, -0.05) is 13.8 Å². The van der Waals surface area contributed by atoms with E-state index < -0.39 is 23.3 Å². The van der Waals surface area contributed by atoms with Gasteiger partial charge in [-0.05, 0) is 37.1 Å². The molecule has 2 nitrogen and oxygen atoms in total. The molecule has 0 spiro atoms. The van der Waals surface area contributed by atoms with Gasteiger partial charge in [0.15, 0.2) is 0 Å². The summed E-state index contributed by atoms with van der Waals surface area (Å²) in [5.74, 6) is -2.46. The van der Waals surface area contributed by atoms with Crippen LogP contribution >= 0.6 is 0 Å². The number of hydrogen-bond donors (Lipinski definition) is 0. The molecule has 2 aliphatic rings. The third-order valence-electron chi connectivity index (χ3n) is 6.46. The van der Waals surface area contributed by atoms with Crippen molar-refractivity contribution in [3.8, 4) is 0 Å². The number of benzene rings is 2. The van der Waals surface area contributed by atoms with Gasteiger partial charge >= 0.3 is 21.7 Å². The van der Waals surface area contributed by atoms with Gasteiger partial charge < -0.3 is 9.13 Å². The summed E-state index contributed by atoms with van der Waals surface area (Å²) in [6.45, 7) is 4.74. The van der Waals surface area contributed by atoms with Crippen LogP contribution in [-0.4, -0.2) is 9.13 Å². The van der Waals surface area contributed by atoms with Gasteiger partial charge in [0.1, 0.15) is 0 Å². The van der Waals surface area contributed by atoms with Crippen LogP contribution in [0.5, 0.6) is 0 Å². The summed E-state index contributed by atoms with van der Waals surface area (Å²) >= 11 is 0. The van der Waals surface area contributed by atoms with Crippen LogP contribution in [0, 0.1) is 61.4 Å². The zero-order valence-corrected chi connectivity index (χ0v) is 25.9. The van der Waals surface area contributed by atoms with Crippen LogP contribution < -0.4 is 0 Å². The molecule has 0 atom stereocenters. The molecule has 0 aliphatic heterocycles. The number of aryl methyl sites for hydroxylation is 4. The Hall–Kier alpha value is -3.61. The van der Waals surface area contributed by atoms with Gasteiger partial charge in [-0.3, -0.25) is 12.2 Å². The van der Waals surface area contributed by atoms with Crippen molar-refractivity contribution in [2.75, 3.05) is 0 Å². The van der Waals surface area contributed by atoms with E-state index >= 15 is 0 Å². The molecule has 43 heavy (non-hydrogen) atoms. The molecule has 0 saturated heterocycles. The molecule has 4 aromatic rings. The van der Waals surface area contributed by atoms with Crippen LogP contribution in [0.15, 0.2) is 97.6 Å². The van der Waals surface area contributed by atoms with Crippen LogP contribution in [0.4, 0.5) is 17.6 Å². The minimum atomic E-state index is -0.634. The summed E-state index contributed by atoms with van der Waals surface area (Å²) in [7, 11) is 0. The maximum atomic E-state index is 13.2. The van der Waals surface area contributed by atoms with Crippen molar-refractivity contribution in [1.82, 2.24) is 9.13 Å². The quantitative estimate of drug-likeness (QED) is 0.116. The molecule has 7 heteroatoms. The van der Waals surface area contributed by atoms with E-state index in [1.54, 1.807) is 13.8 Å². The van der Waals surface area contributed by atoms with Gasteiger partial charge in [-0.2, -0.15) is 12.2 Å². The summed E-state index contributed by atoms with van der Waals surface area (Å²) in [4.78, 5) is 0. The Labute approximate surface area is 267 Å². The zero-order valence-electron chi connectivity index (χ0n) is 24.4. The molecule has 0 N–H and O–H groups in total. The van der Waals surface area contributed by atoms with Gasteiger partial charge in [-0.25, -0.2) is 41.9 Å².